The number of amides is 2. The topological polar surface area (TPSA) is 63.4 Å². The molecular formula is C6H14AgN2O2S2. The van der Waals surface area contributed by atoms with Gasteiger partial charge in [0, 0.05) is 35.5 Å². The van der Waals surface area contributed by atoms with E-state index in [-0.39, 0.29) is 27.6 Å². The minimum absolute atomic E-state index is 0. The van der Waals surface area contributed by atoms with Crippen LogP contribution in [0.4, 0.5) is 9.59 Å². The molecule has 0 aliphatic rings. The molecule has 4 nitrogen and oxygen atoms in total. The molecule has 0 saturated carbocycles. The third-order valence-electron chi connectivity index (χ3n) is 1.03. The molecule has 0 aliphatic heterocycles. The van der Waals surface area contributed by atoms with Gasteiger partial charge >= 0.3 is 0 Å². The van der Waals surface area contributed by atoms with Crippen LogP contribution in [0.5, 0.6) is 0 Å². The van der Waals surface area contributed by atoms with E-state index in [1.54, 1.807) is 4.90 Å². The van der Waals surface area contributed by atoms with Gasteiger partial charge in [0.1, 0.15) is 0 Å². The number of nitrogens with two attached hydrogens (primary N) is 1. The predicted molar refractivity (Wildman–Crippen MR) is 55.9 cm³/mol. The minimum atomic E-state index is -0.639. The van der Waals surface area contributed by atoms with E-state index in [2.05, 4.69) is 31.0 Å². The van der Waals surface area contributed by atoms with Crippen molar-refractivity contribution in [3.8, 4) is 0 Å². The van der Waals surface area contributed by atoms with Gasteiger partial charge in [-0.1, -0.05) is 25.3 Å². The van der Waals surface area contributed by atoms with E-state index >= 15 is 0 Å². The largest absolute Gasteiger partial charge is 0.361 e. The molecule has 0 unspecified atom stereocenters. The maximum absolute atomic E-state index is 10.4. The summed E-state index contributed by atoms with van der Waals surface area (Å²) in [6.07, 6.45) is 0. The Bertz CT molecular complexity index is 150. The molecule has 83 valence electrons. The summed E-state index contributed by atoms with van der Waals surface area (Å²) < 4.78 is 0. The minimum Gasteiger partial charge on any atom is -0.361 e. The average molecular weight is 318 g/mol. The van der Waals surface area contributed by atoms with E-state index in [0.717, 1.165) is 13.1 Å². The molecule has 0 saturated heterocycles. The van der Waals surface area contributed by atoms with Crippen molar-refractivity contribution in [1.82, 2.24) is 4.90 Å². The van der Waals surface area contributed by atoms with Crippen LogP contribution >= 0.6 is 25.3 Å². The summed E-state index contributed by atoms with van der Waals surface area (Å²) in [4.78, 5) is 21.1. The summed E-state index contributed by atoms with van der Waals surface area (Å²) in [6.45, 7) is 5.35. The number of rotatable bonds is 2. The number of carbonyl (C=O) groups is 2. The Morgan fingerprint density at radius 3 is 1.46 bits per heavy atom. The molecule has 0 heterocycles. The molecule has 2 N–H and O–H groups in total. The van der Waals surface area contributed by atoms with Gasteiger partial charge in [-0.2, -0.15) is 0 Å². The van der Waals surface area contributed by atoms with Gasteiger partial charge in [-0.25, -0.2) is 0 Å². The zero-order chi connectivity index (χ0) is 10.1. The van der Waals surface area contributed by atoms with Crippen LogP contribution in [0.2, 0.25) is 0 Å². The first kappa shape index (κ1) is 19.0. The quantitative estimate of drug-likeness (QED) is 0.532. The van der Waals surface area contributed by atoms with Crippen LogP contribution < -0.4 is 5.73 Å². The molecule has 7 heteroatoms. The number of carbonyl (C=O) groups excluding carboxylic acids is 2. The van der Waals surface area contributed by atoms with Crippen LogP contribution in [0.1, 0.15) is 13.8 Å². The molecule has 13 heavy (non-hydrogen) atoms. The van der Waals surface area contributed by atoms with Crippen molar-refractivity contribution in [3.63, 3.8) is 0 Å². The third-order valence-corrected chi connectivity index (χ3v) is 1.32. The van der Waals surface area contributed by atoms with E-state index in [1.807, 2.05) is 13.8 Å². The number of primary amides is 1. The van der Waals surface area contributed by atoms with E-state index in [1.165, 1.54) is 0 Å². The van der Waals surface area contributed by atoms with Crippen molar-refractivity contribution in [2.75, 3.05) is 13.1 Å². The second-order valence-electron chi connectivity index (χ2n) is 1.79. The Morgan fingerprint density at radius 2 is 1.46 bits per heavy atom. The molecular weight excluding hydrogens is 304 g/mol. The molecule has 0 rings (SSSR count). The molecule has 0 aromatic carbocycles. The fraction of sp³-hybridized carbons (Fsp3) is 0.667. The van der Waals surface area contributed by atoms with Gasteiger partial charge in [0.25, 0.3) is 10.5 Å². The monoisotopic (exact) mass is 317 g/mol. The van der Waals surface area contributed by atoms with Gasteiger partial charge in [0.2, 0.25) is 0 Å². The van der Waals surface area contributed by atoms with Crippen LogP contribution in [0.15, 0.2) is 0 Å². The van der Waals surface area contributed by atoms with Crippen molar-refractivity contribution in [2.45, 2.75) is 13.8 Å². The third kappa shape index (κ3) is 19.0. The summed E-state index contributed by atoms with van der Waals surface area (Å²) in [5.74, 6) is 0. The van der Waals surface area contributed by atoms with Gasteiger partial charge in [0.15, 0.2) is 0 Å². The molecule has 2 amide bonds. The van der Waals surface area contributed by atoms with E-state index in [4.69, 9.17) is 4.79 Å². The van der Waals surface area contributed by atoms with Crippen molar-refractivity contribution >= 4 is 35.7 Å². The molecule has 0 aromatic heterocycles. The predicted octanol–water partition coefficient (Wildman–Crippen LogP) is 1.37. The van der Waals surface area contributed by atoms with Gasteiger partial charge in [0.05, 0.1) is 0 Å². The Balaban J connectivity index is -0.000000173. The summed E-state index contributed by atoms with van der Waals surface area (Å²) in [7, 11) is 0. The van der Waals surface area contributed by atoms with Gasteiger partial charge in [-0.05, 0) is 13.8 Å². The molecule has 0 fully saturated rings. The van der Waals surface area contributed by atoms with Gasteiger partial charge in [-0.3, -0.25) is 9.59 Å². The smallest absolute Gasteiger partial charge is 0.278 e. The van der Waals surface area contributed by atoms with Crippen LogP contribution in [0.25, 0.3) is 0 Å². The Labute approximate surface area is 105 Å². The van der Waals surface area contributed by atoms with E-state index < -0.39 is 5.24 Å². The summed E-state index contributed by atoms with van der Waals surface area (Å²) in [5.41, 5.74) is 4.34. The van der Waals surface area contributed by atoms with Crippen LogP contribution in [-0.2, 0) is 22.4 Å². The van der Waals surface area contributed by atoms with Crippen molar-refractivity contribution in [2.24, 2.45) is 5.73 Å². The SMILES string of the molecule is CCN(CC)C(=O)S.NC(=O)S.[Ag]. The fourth-order valence-corrected chi connectivity index (χ4v) is 0.777. The normalized spacial score (nSPS) is 7.38. The molecule has 0 spiro atoms. The molecule has 0 aromatic rings. The number of nitrogens with zero attached hydrogens (tertiary/aromatic N) is 1. The van der Waals surface area contributed by atoms with Gasteiger partial charge in [-0.15, -0.1) is 0 Å². The maximum atomic E-state index is 10.4. The van der Waals surface area contributed by atoms with Crippen molar-refractivity contribution in [1.29, 1.82) is 0 Å². The standard InChI is InChI=1S/C5H11NOS.CH3NOS.Ag/c1-3-6(4-2)5(7)8;2-1(3)4;/h3-4H2,1-2H3,(H,7,8);(H3,2,3,4);. The average Bonchev–Trinajstić information content (AvgIpc) is 1.87. The number of thiol groups is 2. The Morgan fingerprint density at radius 1 is 1.23 bits per heavy atom. The number of hydrogen-bond donors (Lipinski definition) is 3. The second kappa shape index (κ2) is 12.4. The first-order chi connectivity index (χ1) is 5.45. The van der Waals surface area contributed by atoms with Crippen molar-refractivity contribution < 1.29 is 32.0 Å². The van der Waals surface area contributed by atoms with Crippen LogP contribution in [-0.4, -0.2) is 28.5 Å². The zero-order valence-corrected chi connectivity index (χ0v) is 10.7. The Hall–Kier alpha value is 0.380. The van der Waals surface area contributed by atoms with Crippen LogP contribution in [0.3, 0.4) is 0 Å². The first-order valence-corrected chi connectivity index (χ1v) is 4.31. The zero-order valence-electron chi connectivity index (χ0n) is 7.45. The second-order valence-corrected chi connectivity index (χ2v) is 2.62. The molecule has 1 radical (unpaired) electrons. The summed E-state index contributed by atoms with van der Waals surface area (Å²) >= 11 is 6.75. The molecule has 0 bridgehead atoms. The Kier molecular flexibility index (Phi) is 18.1. The van der Waals surface area contributed by atoms with Gasteiger partial charge < -0.3 is 10.6 Å². The summed E-state index contributed by atoms with van der Waals surface area (Å²) in [5, 5.41) is -0.782. The van der Waals surface area contributed by atoms with Crippen molar-refractivity contribution in [3.05, 3.63) is 0 Å². The summed E-state index contributed by atoms with van der Waals surface area (Å²) in [6, 6.07) is 0. The maximum Gasteiger partial charge on any atom is 0.278 e. The van der Waals surface area contributed by atoms with E-state index in [9.17, 15) is 4.79 Å². The van der Waals surface area contributed by atoms with E-state index in [0.29, 0.717) is 0 Å². The van der Waals surface area contributed by atoms with Crippen LogP contribution in [0, 0.1) is 0 Å². The molecule has 0 aliphatic carbocycles. The fourth-order valence-electron chi connectivity index (χ4n) is 0.494. The number of hydrogen-bond acceptors (Lipinski definition) is 2. The molecule has 0 atom stereocenters. The first-order valence-electron chi connectivity index (χ1n) is 3.41.